The molecular formula is C16H23ClN2O2. The van der Waals surface area contributed by atoms with E-state index in [1.54, 1.807) is 7.05 Å². The second-order valence-electron chi connectivity index (χ2n) is 6.32. The van der Waals surface area contributed by atoms with E-state index in [4.69, 9.17) is 11.6 Å². The number of halogens is 1. The maximum Gasteiger partial charge on any atom is 0.407 e. The number of likely N-dealkylation sites (N-methyl/N-ethyl adjacent to an activating group) is 1. The fourth-order valence-electron chi connectivity index (χ4n) is 2.33. The molecule has 116 valence electrons. The summed E-state index contributed by atoms with van der Waals surface area (Å²) in [5, 5.41) is 13.3. The van der Waals surface area contributed by atoms with Gasteiger partial charge in [0.1, 0.15) is 0 Å². The Hall–Kier alpha value is -1.26. The van der Waals surface area contributed by atoms with Crippen molar-refractivity contribution in [1.82, 2.24) is 10.2 Å². The van der Waals surface area contributed by atoms with Crippen LogP contribution in [0.5, 0.6) is 0 Å². The number of amides is 1. The van der Waals surface area contributed by atoms with E-state index < -0.39 is 6.09 Å². The van der Waals surface area contributed by atoms with Crippen molar-refractivity contribution in [3.8, 4) is 0 Å². The monoisotopic (exact) mass is 310 g/mol. The third-order valence-corrected chi connectivity index (χ3v) is 4.52. The largest absolute Gasteiger partial charge is 0.465 e. The van der Waals surface area contributed by atoms with E-state index in [1.807, 2.05) is 24.3 Å². The van der Waals surface area contributed by atoms with E-state index in [0.29, 0.717) is 23.4 Å². The van der Waals surface area contributed by atoms with Crippen molar-refractivity contribution in [1.29, 1.82) is 0 Å². The van der Waals surface area contributed by atoms with Crippen molar-refractivity contribution in [3.05, 3.63) is 34.9 Å². The second kappa shape index (κ2) is 6.67. The number of nitrogens with one attached hydrogen (secondary N) is 1. The van der Waals surface area contributed by atoms with Crippen molar-refractivity contribution >= 4 is 17.7 Å². The average molecular weight is 311 g/mol. The first-order valence-corrected chi connectivity index (χ1v) is 7.68. The summed E-state index contributed by atoms with van der Waals surface area (Å²) in [6.07, 6.45) is 2.31. The van der Waals surface area contributed by atoms with Gasteiger partial charge in [0.15, 0.2) is 0 Å². The van der Waals surface area contributed by atoms with Gasteiger partial charge in [0.25, 0.3) is 0 Å². The molecule has 2 N–H and O–H groups in total. The molecule has 1 aromatic rings. The van der Waals surface area contributed by atoms with Gasteiger partial charge in [-0.3, -0.25) is 0 Å². The molecule has 1 aliphatic carbocycles. The molecule has 0 radical (unpaired) electrons. The number of rotatable bonds is 7. The molecule has 1 aliphatic rings. The number of carboxylic acid groups (broad SMARTS) is 1. The maximum atomic E-state index is 11.2. The van der Waals surface area contributed by atoms with Gasteiger partial charge in [-0.05, 0) is 42.4 Å². The molecule has 1 atom stereocenters. The van der Waals surface area contributed by atoms with Gasteiger partial charge in [0.2, 0.25) is 0 Å². The molecule has 0 saturated heterocycles. The van der Waals surface area contributed by atoms with E-state index in [0.717, 1.165) is 12.1 Å². The summed E-state index contributed by atoms with van der Waals surface area (Å²) in [6.45, 7) is 3.88. The lowest BCUT2D eigenvalue weighted by Gasteiger charge is -2.27. The van der Waals surface area contributed by atoms with Gasteiger partial charge < -0.3 is 15.3 Å². The summed E-state index contributed by atoms with van der Waals surface area (Å²) in [7, 11) is 1.63. The first kappa shape index (κ1) is 16.1. The van der Waals surface area contributed by atoms with Gasteiger partial charge >= 0.3 is 6.09 Å². The minimum Gasteiger partial charge on any atom is -0.465 e. The Balaban J connectivity index is 1.93. The molecular weight excluding hydrogens is 288 g/mol. The van der Waals surface area contributed by atoms with Crippen molar-refractivity contribution in [2.24, 2.45) is 5.41 Å². The molecule has 0 heterocycles. The lowest BCUT2D eigenvalue weighted by molar-refractivity contribution is 0.137. The summed E-state index contributed by atoms with van der Waals surface area (Å²) in [5.74, 6) is 0. The number of hydrogen-bond donors (Lipinski definition) is 2. The van der Waals surface area contributed by atoms with Crippen LogP contribution >= 0.6 is 11.6 Å². The average Bonchev–Trinajstić information content (AvgIpc) is 3.17. The fraction of sp³-hybridized carbons (Fsp3) is 0.562. The molecule has 2 rings (SSSR count). The minimum atomic E-state index is -0.895. The van der Waals surface area contributed by atoms with Crippen molar-refractivity contribution in [2.45, 2.75) is 32.2 Å². The molecule has 4 nitrogen and oxygen atoms in total. The highest BCUT2D eigenvalue weighted by Gasteiger charge is 2.36. The lowest BCUT2D eigenvalue weighted by Crippen LogP contribution is -2.45. The Kier molecular flexibility index (Phi) is 5.12. The molecule has 1 fully saturated rings. The van der Waals surface area contributed by atoms with Gasteiger partial charge in [-0.25, -0.2) is 4.79 Å². The molecule has 0 spiro atoms. The normalized spacial score (nSPS) is 17.3. The van der Waals surface area contributed by atoms with Crippen LogP contribution in [0.2, 0.25) is 5.02 Å². The predicted molar refractivity (Wildman–Crippen MR) is 84.9 cm³/mol. The Bertz CT molecular complexity index is 486. The third-order valence-electron chi connectivity index (χ3n) is 4.27. The van der Waals surface area contributed by atoms with E-state index in [9.17, 15) is 9.90 Å². The lowest BCUT2D eigenvalue weighted by atomic mass is 10.0. The smallest absolute Gasteiger partial charge is 0.407 e. The molecule has 21 heavy (non-hydrogen) atoms. The highest BCUT2D eigenvalue weighted by molar-refractivity contribution is 6.30. The highest BCUT2D eigenvalue weighted by Crippen LogP contribution is 2.43. The summed E-state index contributed by atoms with van der Waals surface area (Å²) >= 11 is 5.89. The van der Waals surface area contributed by atoms with E-state index in [2.05, 4.69) is 12.2 Å². The molecule has 1 unspecified atom stereocenters. The van der Waals surface area contributed by atoms with Crippen LogP contribution in [0, 0.1) is 5.41 Å². The number of nitrogens with zero attached hydrogens (tertiary/aromatic N) is 1. The number of carbonyl (C=O) groups is 1. The van der Waals surface area contributed by atoms with E-state index >= 15 is 0 Å². The van der Waals surface area contributed by atoms with E-state index in [1.165, 1.54) is 17.7 Å². The van der Waals surface area contributed by atoms with Crippen molar-refractivity contribution in [2.75, 3.05) is 20.1 Å². The molecule has 1 saturated carbocycles. The Morgan fingerprint density at radius 2 is 2.05 bits per heavy atom. The predicted octanol–water partition coefficient (Wildman–Crippen LogP) is 3.25. The van der Waals surface area contributed by atoms with Crippen LogP contribution in [0.3, 0.4) is 0 Å². The first-order chi connectivity index (χ1) is 9.89. The second-order valence-corrected chi connectivity index (χ2v) is 6.76. The summed E-state index contributed by atoms with van der Waals surface area (Å²) in [4.78, 5) is 12.6. The van der Waals surface area contributed by atoms with Crippen LogP contribution in [-0.4, -0.2) is 42.3 Å². The van der Waals surface area contributed by atoms with Crippen LogP contribution in [-0.2, 0) is 6.42 Å². The van der Waals surface area contributed by atoms with Crippen molar-refractivity contribution < 1.29 is 9.90 Å². The zero-order valence-electron chi connectivity index (χ0n) is 12.6. The van der Waals surface area contributed by atoms with Crippen molar-refractivity contribution in [3.63, 3.8) is 0 Å². The number of benzene rings is 1. The first-order valence-electron chi connectivity index (χ1n) is 7.30. The topological polar surface area (TPSA) is 52.6 Å². The molecule has 0 aromatic heterocycles. The van der Waals surface area contributed by atoms with E-state index in [-0.39, 0.29) is 6.04 Å². The minimum absolute atomic E-state index is 0.0778. The quantitative estimate of drug-likeness (QED) is 0.813. The standard InChI is InChI=1S/C16H23ClN2O2/c1-16(7-8-16)11-18-10-14(19(2)15(20)21)9-12-3-5-13(17)6-4-12/h3-6,14,18H,7-11H2,1-2H3,(H,20,21). The third kappa shape index (κ3) is 4.90. The van der Waals surface area contributed by atoms with Gasteiger partial charge in [-0.15, -0.1) is 0 Å². The zero-order chi connectivity index (χ0) is 15.5. The Morgan fingerprint density at radius 1 is 1.43 bits per heavy atom. The SMILES string of the molecule is CN(C(=O)O)C(CNCC1(C)CC1)Cc1ccc(Cl)cc1. The number of hydrogen-bond acceptors (Lipinski definition) is 2. The summed E-state index contributed by atoms with van der Waals surface area (Å²) in [5.41, 5.74) is 1.52. The zero-order valence-corrected chi connectivity index (χ0v) is 13.4. The molecule has 1 aromatic carbocycles. The Morgan fingerprint density at radius 3 is 2.57 bits per heavy atom. The fourth-order valence-corrected chi connectivity index (χ4v) is 2.45. The van der Waals surface area contributed by atoms with Crippen LogP contribution < -0.4 is 5.32 Å². The Labute approximate surface area is 131 Å². The maximum absolute atomic E-state index is 11.2. The van der Waals surface area contributed by atoms with Gasteiger partial charge in [-0.1, -0.05) is 30.7 Å². The van der Waals surface area contributed by atoms with Gasteiger partial charge in [-0.2, -0.15) is 0 Å². The molecule has 0 aliphatic heterocycles. The summed E-state index contributed by atoms with van der Waals surface area (Å²) in [6, 6.07) is 7.51. The summed E-state index contributed by atoms with van der Waals surface area (Å²) < 4.78 is 0. The molecule has 1 amide bonds. The highest BCUT2D eigenvalue weighted by atomic mass is 35.5. The molecule has 0 bridgehead atoms. The van der Waals surface area contributed by atoms with Gasteiger partial charge in [0, 0.05) is 25.2 Å². The van der Waals surface area contributed by atoms with Crippen LogP contribution in [0.4, 0.5) is 4.79 Å². The van der Waals surface area contributed by atoms with Crippen LogP contribution in [0.15, 0.2) is 24.3 Å². The molecule has 5 heteroatoms. The van der Waals surface area contributed by atoms with Crippen LogP contribution in [0.1, 0.15) is 25.3 Å². The van der Waals surface area contributed by atoms with Gasteiger partial charge in [0.05, 0.1) is 6.04 Å². The van der Waals surface area contributed by atoms with Crippen LogP contribution in [0.25, 0.3) is 0 Å².